The van der Waals surface area contributed by atoms with Crippen molar-refractivity contribution >= 4 is 11.7 Å². The van der Waals surface area contributed by atoms with Crippen molar-refractivity contribution in [2.45, 2.75) is 13.3 Å². The second-order valence-corrected chi connectivity index (χ2v) is 2.68. The van der Waals surface area contributed by atoms with Gasteiger partial charge in [0.05, 0.1) is 17.9 Å². The Bertz CT molecular complexity index is 369. The van der Waals surface area contributed by atoms with Crippen LogP contribution in [0.25, 0.3) is 0 Å². The summed E-state index contributed by atoms with van der Waals surface area (Å²) in [6.07, 6.45) is -1.70. The molecule has 0 spiro atoms. The second-order valence-electron chi connectivity index (χ2n) is 2.68. The maximum atomic E-state index is 12.4. The molecule has 0 aliphatic heterocycles. The predicted molar refractivity (Wildman–Crippen MR) is 49.6 cm³/mol. The van der Waals surface area contributed by atoms with E-state index in [-0.39, 0.29) is 17.9 Å². The molecule has 0 atom stereocenters. The van der Waals surface area contributed by atoms with Crippen LogP contribution in [0.1, 0.15) is 29.4 Å². The highest BCUT2D eigenvalue weighted by Gasteiger charge is 2.19. The SMILES string of the molecule is CCOC(=O)c1ccnc(C(F)F)c1N. The number of ether oxygens (including phenoxy) is 1. The van der Waals surface area contributed by atoms with Gasteiger partial charge in [0, 0.05) is 6.20 Å². The lowest BCUT2D eigenvalue weighted by molar-refractivity contribution is 0.0527. The molecule has 1 heterocycles. The number of aromatic nitrogens is 1. The van der Waals surface area contributed by atoms with Crippen molar-refractivity contribution in [1.82, 2.24) is 4.98 Å². The topological polar surface area (TPSA) is 65.2 Å². The summed E-state index contributed by atoms with van der Waals surface area (Å²) < 4.78 is 29.4. The summed E-state index contributed by atoms with van der Waals surface area (Å²) in [5.41, 5.74) is 4.37. The van der Waals surface area contributed by atoms with E-state index in [0.717, 1.165) is 6.20 Å². The van der Waals surface area contributed by atoms with Crippen LogP contribution < -0.4 is 5.73 Å². The van der Waals surface area contributed by atoms with E-state index < -0.39 is 18.1 Å². The lowest BCUT2D eigenvalue weighted by atomic mass is 10.2. The molecule has 1 aromatic rings. The highest BCUT2D eigenvalue weighted by Crippen LogP contribution is 2.25. The van der Waals surface area contributed by atoms with Crippen LogP contribution in [0.2, 0.25) is 0 Å². The molecule has 0 saturated heterocycles. The number of nitrogen functional groups attached to an aromatic ring is 1. The van der Waals surface area contributed by atoms with Gasteiger partial charge in [0.25, 0.3) is 6.43 Å². The first kappa shape index (κ1) is 11.4. The highest BCUT2D eigenvalue weighted by atomic mass is 19.3. The van der Waals surface area contributed by atoms with Crippen LogP contribution in [0.3, 0.4) is 0 Å². The summed E-state index contributed by atoms with van der Waals surface area (Å²) in [4.78, 5) is 14.7. The Kier molecular flexibility index (Phi) is 3.54. The lowest BCUT2D eigenvalue weighted by Crippen LogP contribution is -2.11. The van der Waals surface area contributed by atoms with Crippen molar-refractivity contribution < 1.29 is 18.3 Å². The van der Waals surface area contributed by atoms with E-state index >= 15 is 0 Å². The maximum absolute atomic E-state index is 12.4. The number of anilines is 1. The van der Waals surface area contributed by atoms with E-state index in [0.29, 0.717) is 0 Å². The molecule has 0 amide bonds. The first-order chi connectivity index (χ1) is 7.07. The number of rotatable bonds is 3. The fourth-order valence-electron chi connectivity index (χ4n) is 1.05. The van der Waals surface area contributed by atoms with Gasteiger partial charge >= 0.3 is 5.97 Å². The summed E-state index contributed by atoms with van der Waals surface area (Å²) in [5.74, 6) is -0.723. The van der Waals surface area contributed by atoms with Gasteiger partial charge < -0.3 is 10.5 Å². The summed E-state index contributed by atoms with van der Waals surface area (Å²) in [6.45, 7) is 1.77. The Hall–Kier alpha value is -1.72. The largest absolute Gasteiger partial charge is 0.462 e. The summed E-state index contributed by atoms with van der Waals surface area (Å²) >= 11 is 0. The van der Waals surface area contributed by atoms with Gasteiger partial charge in [0.15, 0.2) is 0 Å². The fraction of sp³-hybridized carbons (Fsp3) is 0.333. The van der Waals surface area contributed by atoms with Crippen LogP contribution in [-0.2, 0) is 4.74 Å². The highest BCUT2D eigenvalue weighted by molar-refractivity contribution is 5.95. The molecular weight excluding hydrogens is 206 g/mol. The minimum absolute atomic E-state index is 0.0813. The zero-order valence-corrected chi connectivity index (χ0v) is 8.04. The summed E-state index contributed by atoms with van der Waals surface area (Å²) in [5, 5.41) is 0. The molecule has 0 aromatic carbocycles. The minimum Gasteiger partial charge on any atom is -0.462 e. The van der Waals surface area contributed by atoms with Gasteiger partial charge in [-0.25, -0.2) is 13.6 Å². The van der Waals surface area contributed by atoms with Crippen LogP contribution in [0.15, 0.2) is 12.3 Å². The van der Waals surface area contributed by atoms with Crippen molar-refractivity contribution in [2.75, 3.05) is 12.3 Å². The number of carbonyl (C=O) groups excluding carboxylic acids is 1. The number of alkyl halides is 2. The molecular formula is C9H10F2N2O2. The first-order valence-electron chi connectivity index (χ1n) is 4.27. The molecule has 0 aliphatic carbocycles. The molecule has 4 nitrogen and oxygen atoms in total. The predicted octanol–water partition coefficient (Wildman–Crippen LogP) is 1.78. The maximum Gasteiger partial charge on any atom is 0.340 e. The van der Waals surface area contributed by atoms with Gasteiger partial charge in [0.1, 0.15) is 5.69 Å². The number of hydrogen-bond donors (Lipinski definition) is 1. The molecule has 82 valence electrons. The molecule has 2 N–H and O–H groups in total. The fourth-order valence-corrected chi connectivity index (χ4v) is 1.05. The molecule has 15 heavy (non-hydrogen) atoms. The van der Waals surface area contributed by atoms with Gasteiger partial charge in [-0.3, -0.25) is 4.98 Å². The molecule has 0 aliphatic rings. The Balaban J connectivity index is 3.09. The number of nitrogens with two attached hydrogens (primary N) is 1. The third kappa shape index (κ3) is 2.39. The normalized spacial score (nSPS) is 10.4. The summed E-state index contributed by atoms with van der Waals surface area (Å²) in [6, 6.07) is 1.25. The van der Waals surface area contributed by atoms with Gasteiger partial charge in [0.2, 0.25) is 0 Å². The average Bonchev–Trinajstić information content (AvgIpc) is 2.17. The Morgan fingerprint density at radius 1 is 1.67 bits per heavy atom. The van der Waals surface area contributed by atoms with Gasteiger partial charge in [-0.05, 0) is 13.0 Å². The minimum atomic E-state index is -2.81. The second kappa shape index (κ2) is 4.68. The third-order valence-corrected chi connectivity index (χ3v) is 1.72. The molecule has 1 rings (SSSR count). The average molecular weight is 216 g/mol. The number of nitrogens with zero attached hydrogens (tertiary/aromatic N) is 1. The van der Waals surface area contributed by atoms with Gasteiger partial charge in [-0.15, -0.1) is 0 Å². The standard InChI is InChI=1S/C9H10F2N2O2/c1-2-15-9(14)5-3-4-13-7(6(5)12)8(10)11/h3-4,8H,2,12H2,1H3. The molecule has 1 aromatic heterocycles. The van der Waals surface area contributed by atoms with Gasteiger partial charge in [-0.1, -0.05) is 0 Å². The molecule has 0 saturated carbocycles. The third-order valence-electron chi connectivity index (χ3n) is 1.72. The Morgan fingerprint density at radius 2 is 2.33 bits per heavy atom. The number of halogens is 2. The van der Waals surface area contributed by atoms with Crippen molar-refractivity contribution in [1.29, 1.82) is 0 Å². The van der Waals surface area contributed by atoms with Crippen LogP contribution in [0.5, 0.6) is 0 Å². The number of carbonyl (C=O) groups is 1. The van der Waals surface area contributed by atoms with E-state index in [1.54, 1.807) is 6.92 Å². The van der Waals surface area contributed by atoms with Crippen LogP contribution in [0, 0.1) is 0 Å². The number of pyridine rings is 1. The zero-order chi connectivity index (χ0) is 11.4. The first-order valence-corrected chi connectivity index (χ1v) is 4.27. The van der Waals surface area contributed by atoms with Crippen LogP contribution in [-0.4, -0.2) is 17.6 Å². The van der Waals surface area contributed by atoms with Gasteiger partial charge in [-0.2, -0.15) is 0 Å². The molecule has 0 radical (unpaired) electrons. The molecule has 0 fully saturated rings. The van der Waals surface area contributed by atoms with Crippen molar-refractivity contribution in [3.8, 4) is 0 Å². The van der Waals surface area contributed by atoms with Crippen molar-refractivity contribution in [3.63, 3.8) is 0 Å². The summed E-state index contributed by atoms with van der Waals surface area (Å²) in [7, 11) is 0. The Morgan fingerprint density at radius 3 is 2.87 bits per heavy atom. The van der Waals surface area contributed by atoms with Crippen molar-refractivity contribution in [3.05, 3.63) is 23.5 Å². The molecule has 0 unspecified atom stereocenters. The van der Waals surface area contributed by atoms with Crippen molar-refractivity contribution in [2.24, 2.45) is 0 Å². The van der Waals surface area contributed by atoms with E-state index in [1.165, 1.54) is 6.07 Å². The molecule has 6 heteroatoms. The number of esters is 1. The monoisotopic (exact) mass is 216 g/mol. The number of hydrogen-bond acceptors (Lipinski definition) is 4. The van der Waals surface area contributed by atoms with E-state index in [4.69, 9.17) is 5.73 Å². The Labute approximate surface area is 85.1 Å². The van der Waals surface area contributed by atoms with E-state index in [2.05, 4.69) is 9.72 Å². The smallest absolute Gasteiger partial charge is 0.340 e. The molecule has 0 bridgehead atoms. The van der Waals surface area contributed by atoms with E-state index in [9.17, 15) is 13.6 Å². The van der Waals surface area contributed by atoms with Crippen LogP contribution in [0.4, 0.5) is 14.5 Å². The quantitative estimate of drug-likeness (QED) is 0.782. The van der Waals surface area contributed by atoms with E-state index in [1.807, 2.05) is 0 Å². The lowest BCUT2D eigenvalue weighted by Gasteiger charge is -2.08. The van der Waals surface area contributed by atoms with Crippen LogP contribution >= 0.6 is 0 Å². The zero-order valence-electron chi connectivity index (χ0n) is 8.04.